The first-order valence-electron chi connectivity index (χ1n) is 6.80. The standard InChI is InChI=1S/C14H28N2O/c1-13(2,3)11(15)10-12(17)16-14(4)8-6-5-7-9-14/h11H,5-10,15H2,1-4H3,(H,16,17). The van der Waals surface area contributed by atoms with Crippen molar-refractivity contribution < 1.29 is 4.79 Å². The zero-order valence-corrected chi connectivity index (χ0v) is 11.8. The fourth-order valence-corrected chi connectivity index (χ4v) is 2.35. The molecule has 0 aromatic rings. The highest BCUT2D eigenvalue weighted by Gasteiger charge is 2.30. The predicted molar refractivity (Wildman–Crippen MR) is 71.7 cm³/mol. The maximum atomic E-state index is 12.0. The molecule has 1 unspecified atom stereocenters. The second kappa shape index (κ2) is 5.38. The van der Waals surface area contributed by atoms with Gasteiger partial charge >= 0.3 is 0 Å². The van der Waals surface area contributed by atoms with E-state index in [1.807, 2.05) is 0 Å². The summed E-state index contributed by atoms with van der Waals surface area (Å²) in [6.45, 7) is 8.39. The van der Waals surface area contributed by atoms with Crippen LogP contribution in [0.15, 0.2) is 0 Å². The van der Waals surface area contributed by atoms with Crippen LogP contribution in [-0.2, 0) is 4.79 Å². The van der Waals surface area contributed by atoms with Crippen molar-refractivity contribution >= 4 is 5.91 Å². The van der Waals surface area contributed by atoms with Crippen molar-refractivity contribution in [3.63, 3.8) is 0 Å². The molecule has 0 aromatic carbocycles. The first-order chi connectivity index (χ1) is 7.73. The molecule has 3 nitrogen and oxygen atoms in total. The molecule has 0 saturated heterocycles. The van der Waals surface area contributed by atoms with E-state index in [4.69, 9.17) is 5.73 Å². The van der Waals surface area contributed by atoms with Gasteiger partial charge in [-0.1, -0.05) is 40.0 Å². The second-order valence-electron chi connectivity index (χ2n) is 6.85. The number of hydrogen-bond donors (Lipinski definition) is 2. The summed E-state index contributed by atoms with van der Waals surface area (Å²) in [5.41, 5.74) is 6.04. The Hall–Kier alpha value is -0.570. The van der Waals surface area contributed by atoms with Crippen LogP contribution in [-0.4, -0.2) is 17.5 Å². The van der Waals surface area contributed by atoms with E-state index in [0.29, 0.717) is 6.42 Å². The van der Waals surface area contributed by atoms with Gasteiger partial charge in [0.1, 0.15) is 0 Å². The Balaban J connectivity index is 2.43. The van der Waals surface area contributed by atoms with E-state index in [1.54, 1.807) is 0 Å². The molecule has 0 bridgehead atoms. The maximum Gasteiger partial charge on any atom is 0.221 e. The third-order valence-electron chi connectivity index (χ3n) is 3.92. The summed E-state index contributed by atoms with van der Waals surface area (Å²) in [5.74, 6) is 0.108. The summed E-state index contributed by atoms with van der Waals surface area (Å²) in [7, 11) is 0. The number of nitrogens with two attached hydrogens (primary N) is 1. The molecule has 1 fully saturated rings. The Morgan fingerprint density at radius 3 is 2.29 bits per heavy atom. The van der Waals surface area contributed by atoms with Crippen molar-refractivity contribution in [3.8, 4) is 0 Å². The van der Waals surface area contributed by atoms with Crippen molar-refractivity contribution in [2.45, 2.75) is 77.8 Å². The fraction of sp³-hybridized carbons (Fsp3) is 0.929. The maximum absolute atomic E-state index is 12.0. The average molecular weight is 240 g/mol. The Morgan fingerprint density at radius 2 is 1.82 bits per heavy atom. The van der Waals surface area contributed by atoms with E-state index < -0.39 is 0 Å². The van der Waals surface area contributed by atoms with Gasteiger partial charge < -0.3 is 11.1 Å². The van der Waals surface area contributed by atoms with Crippen LogP contribution in [0.1, 0.15) is 66.2 Å². The van der Waals surface area contributed by atoms with Gasteiger partial charge in [0.2, 0.25) is 5.91 Å². The zero-order chi connectivity index (χ0) is 13.1. The van der Waals surface area contributed by atoms with Crippen LogP contribution in [0.3, 0.4) is 0 Å². The lowest BCUT2D eigenvalue weighted by molar-refractivity contribution is -0.124. The second-order valence-corrected chi connectivity index (χ2v) is 6.85. The van der Waals surface area contributed by atoms with E-state index in [-0.39, 0.29) is 22.9 Å². The van der Waals surface area contributed by atoms with Crippen molar-refractivity contribution in [2.24, 2.45) is 11.1 Å². The molecular formula is C14H28N2O. The number of hydrogen-bond acceptors (Lipinski definition) is 2. The molecule has 1 rings (SSSR count). The average Bonchev–Trinajstić information content (AvgIpc) is 2.15. The molecule has 17 heavy (non-hydrogen) atoms. The van der Waals surface area contributed by atoms with E-state index >= 15 is 0 Å². The van der Waals surface area contributed by atoms with E-state index in [1.165, 1.54) is 19.3 Å². The monoisotopic (exact) mass is 240 g/mol. The largest absolute Gasteiger partial charge is 0.351 e. The first-order valence-corrected chi connectivity index (χ1v) is 6.80. The highest BCUT2D eigenvalue weighted by atomic mass is 16.1. The smallest absolute Gasteiger partial charge is 0.221 e. The van der Waals surface area contributed by atoms with E-state index in [0.717, 1.165) is 12.8 Å². The molecule has 0 spiro atoms. The Morgan fingerprint density at radius 1 is 1.29 bits per heavy atom. The van der Waals surface area contributed by atoms with Gasteiger partial charge in [-0.3, -0.25) is 4.79 Å². The minimum Gasteiger partial charge on any atom is -0.351 e. The third-order valence-corrected chi connectivity index (χ3v) is 3.92. The van der Waals surface area contributed by atoms with Crippen molar-refractivity contribution in [3.05, 3.63) is 0 Å². The molecule has 100 valence electrons. The summed E-state index contributed by atoms with van der Waals surface area (Å²) in [6, 6.07) is -0.0744. The number of carbonyl (C=O) groups is 1. The summed E-state index contributed by atoms with van der Waals surface area (Å²) < 4.78 is 0. The minimum atomic E-state index is -0.0744. The van der Waals surface area contributed by atoms with Gasteiger partial charge in [-0.25, -0.2) is 0 Å². The van der Waals surface area contributed by atoms with Crippen LogP contribution in [0.5, 0.6) is 0 Å². The van der Waals surface area contributed by atoms with Gasteiger partial charge in [0, 0.05) is 18.0 Å². The summed E-state index contributed by atoms with van der Waals surface area (Å²) >= 11 is 0. The minimum absolute atomic E-state index is 0.00688. The van der Waals surface area contributed by atoms with Gasteiger partial charge in [-0.05, 0) is 25.2 Å². The molecular weight excluding hydrogens is 212 g/mol. The predicted octanol–water partition coefficient (Wildman–Crippen LogP) is 2.59. The van der Waals surface area contributed by atoms with Crippen molar-refractivity contribution in [1.29, 1.82) is 0 Å². The van der Waals surface area contributed by atoms with Crippen LogP contribution < -0.4 is 11.1 Å². The van der Waals surface area contributed by atoms with Crippen LogP contribution >= 0.6 is 0 Å². The van der Waals surface area contributed by atoms with Crippen molar-refractivity contribution in [2.75, 3.05) is 0 Å². The summed E-state index contributed by atoms with van der Waals surface area (Å²) in [6.07, 6.45) is 6.38. The Kier molecular flexibility index (Phi) is 4.59. The summed E-state index contributed by atoms with van der Waals surface area (Å²) in [4.78, 5) is 12.0. The number of carbonyl (C=O) groups excluding carboxylic acids is 1. The highest BCUT2D eigenvalue weighted by Crippen LogP contribution is 2.28. The lowest BCUT2D eigenvalue weighted by Crippen LogP contribution is -2.49. The first kappa shape index (κ1) is 14.5. The molecule has 1 saturated carbocycles. The van der Waals surface area contributed by atoms with Gasteiger partial charge in [-0.15, -0.1) is 0 Å². The van der Waals surface area contributed by atoms with Gasteiger partial charge in [0.15, 0.2) is 0 Å². The summed E-state index contributed by atoms with van der Waals surface area (Å²) in [5, 5.41) is 3.18. The molecule has 3 N–H and O–H groups in total. The van der Waals surface area contributed by atoms with Crippen LogP contribution in [0.2, 0.25) is 0 Å². The van der Waals surface area contributed by atoms with Crippen LogP contribution in [0.4, 0.5) is 0 Å². The molecule has 1 aliphatic rings. The van der Waals surface area contributed by atoms with Crippen LogP contribution in [0, 0.1) is 5.41 Å². The molecule has 1 amide bonds. The molecule has 0 heterocycles. The van der Waals surface area contributed by atoms with Crippen molar-refractivity contribution in [1.82, 2.24) is 5.32 Å². The fourth-order valence-electron chi connectivity index (χ4n) is 2.35. The highest BCUT2D eigenvalue weighted by molar-refractivity contribution is 5.77. The van der Waals surface area contributed by atoms with Gasteiger partial charge in [0.25, 0.3) is 0 Å². The van der Waals surface area contributed by atoms with Gasteiger partial charge in [-0.2, -0.15) is 0 Å². The van der Waals surface area contributed by atoms with E-state index in [9.17, 15) is 4.79 Å². The molecule has 1 aliphatic carbocycles. The molecule has 0 aliphatic heterocycles. The molecule has 3 heteroatoms. The third kappa shape index (κ3) is 4.66. The number of rotatable bonds is 3. The van der Waals surface area contributed by atoms with Gasteiger partial charge in [0.05, 0.1) is 0 Å². The molecule has 0 aromatic heterocycles. The molecule has 1 atom stereocenters. The number of nitrogens with one attached hydrogen (secondary N) is 1. The zero-order valence-electron chi connectivity index (χ0n) is 11.8. The lowest BCUT2D eigenvalue weighted by Gasteiger charge is -2.35. The SMILES string of the molecule is CC1(NC(=O)CC(N)C(C)(C)C)CCCCC1. The Labute approximate surface area is 106 Å². The molecule has 0 radical (unpaired) electrons. The number of amides is 1. The topological polar surface area (TPSA) is 55.1 Å². The Bertz CT molecular complexity index is 262. The van der Waals surface area contributed by atoms with E-state index in [2.05, 4.69) is 33.0 Å². The normalized spacial score (nSPS) is 21.9. The quantitative estimate of drug-likeness (QED) is 0.796. The van der Waals surface area contributed by atoms with Crippen LogP contribution in [0.25, 0.3) is 0 Å². The lowest BCUT2D eigenvalue weighted by atomic mass is 9.82.